The van der Waals surface area contributed by atoms with E-state index in [4.69, 9.17) is 16.3 Å². The quantitative estimate of drug-likeness (QED) is 0.893. The van der Waals surface area contributed by atoms with E-state index in [-0.39, 0.29) is 0 Å². The zero-order valence-corrected chi connectivity index (χ0v) is 11.9. The zero-order valence-electron chi connectivity index (χ0n) is 11.2. The van der Waals surface area contributed by atoms with Gasteiger partial charge in [0, 0.05) is 13.0 Å². The number of hydrogen-bond donors (Lipinski definition) is 1. The van der Waals surface area contributed by atoms with Gasteiger partial charge in [-0.2, -0.15) is 5.10 Å². The van der Waals surface area contributed by atoms with Gasteiger partial charge < -0.3 is 10.1 Å². The number of hydrogen-bond acceptors (Lipinski definition) is 3. The molecule has 1 saturated heterocycles. The molecule has 1 aromatic rings. The first-order chi connectivity index (χ1) is 8.77. The summed E-state index contributed by atoms with van der Waals surface area (Å²) in [6.07, 6.45) is 4.07. The summed E-state index contributed by atoms with van der Waals surface area (Å²) in [5.74, 6) is 1.16. The van der Waals surface area contributed by atoms with E-state index in [9.17, 15) is 0 Å². The highest BCUT2D eigenvalue weighted by Gasteiger charge is 2.29. The van der Waals surface area contributed by atoms with Crippen LogP contribution in [0.4, 0.5) is 0 Å². The third-order valence-electron chi connectivity index (χ3n) is 3.82. The van der Waals surface area contributed by atoms with Gasteiger partial charge in [0.2, 0.25) is 0 Å². The molecule has 0 aliphatic carbocycles. The Kier molecular flexibility index (Phi) is 5.03. The lowest BCUT2D eigenvalue weighted by atomic mass is 9.82. The Hall–Kier alpha value is -0.580. The summed E-state index contributed by atoms with van der Waals surface area (Å²) in [6, 6.07) is 0. The zero-order chi connectivity index (χ0) is 13.0. The van der Waals surface area contributed by atoms with Crippen molar-refractivity contribution in [3.05, 3.63) is 16.9 Å². The monoisotopic (exact) mass is 271 g/mol. The second-order valence-electron chi connectivity index (χ2n) is 4.86. The van der Waals surface area contributed by atoms with Gasteiger partial charge in [-0.1, -0.05) is 24.9 Å². The molecule has 0 aromatic carbocycles. The number of methoxy groups -OCH3 is 1. The molecule has 0 amide bonds. The molecule has 5 heteroatoms. The lowest BCUT2D eigenvalue weighted by Crippen LogP contribution is -2.36. The van der Waals surface area contributed by atoms with Crippen LogP contribution in [-0.2, 0) is 11.3 Å². The second-order valence-corrected chi connectivity index (χ2v) is 5.27. The number of ether oxygens (including phenoxy) is 1. The highest BCUT2D eigenvalue weighted by Crippen LogP contribution is 2.36. The largest absolute Gasteiger partial charge is 0.383 e. The summed E-state index contributed by atoms with van der Waals surface area (Å²) < 4.78 is 7.15. The number of nitrogens with one attached hydrogen (secondary N) is 1. The standard InChI is InChI=1S/C13H22ClN3O/c1-3-10-8-15-5-4-11(10)13-12(14)9-16-17(13)6-7-18-2/h9-11,15H,3-8H2,1-2H3. The lowest BCUT2D eigenvalue weighted by Gasteiger charge is -2.32. The number of nitrogens with zero attached hydrogens (tertiary/aromatic N) is 2. The Morgan fingerprint density at radius 1 is 1.61 bits per heavy atom. The minimum atomic E-state index is 0.517. The first kappa shape index (κ1) is 13.8. The Bertz CT molecular complexity index is 380. The molecule has 1 fully saturated rings. The first-order valence-corrected chi connectivity index (χ1v) is 7.06. The minimum Gasteiger partial charge on any atom is -0.383 e. The molecule has 102 valence electrons. The number of halogens is 1. The molecule has 4 nitrogen and oxygen atoms in total. The Morgan fingerprint density at radius 3 is 3.17 bits per heavy atom. The van der Waals surface area contributed by atoms with Gasteiger partial charge in [-0.25, -0.2) is 0 Å². The van der Waals surface area contributed by atoms with E-state index in [1.807, 2.05) is 4.68 Å². The molecule has 1 aliphatic rings. The van der Waals surface area contributed by atoms with Crippen LogP contribution >= 0.6 is 11.6 Å². The smallest absolute Gasteiger partial charge is 0.0820 e. The van der Waals surface area contributed by atoms with Gasteiger partial charge in [0.15, 0.2) is 0 Å². The van der Waals surface area contributed by atoms with Gasteiger partial charge in [-0.15, -0.1) is 0 Å². The van der Waals surface area contributed by atoms with E-state index in [1.54, 1.807) is 13.3 Å². The van der Waals surface area contributed by atoms with Crippen LogP contribution < -0.4 is 5.32 Å². The molecule has 2 rings (SSSR count). The van der Waals surface area contributed by atoms with E-state index in [2.05, 4.69) is 17.3 Å². The summed E-state index contributed by atoms with van der Waals surface area (Å²) in [4.78, 5) is 0. The molecule has 2 heterocycles. The average Bonchev–Trinajstić information content (AvgIpc) is 2.77. The molecule has 0 radical (unpaired) electrons. The maximum Gasteiger partial charge on any atom is 0.0820 e. The van der Waals surface area contributed by atoms with Crippen molar-refractivity contribution in [1.82, 2.24) is 15.1 Å². The maximum absolute atomic E-state index is 6.33. The molecule has 1 aliphatic heterocycles. The lowest BCUT2D eigenvalue weighted by molar-refractivity contribution is 0.180. The van der Waals surface area contributed by atoms with Crippen LogP contribution in [0.5, 0.6) is 0 Å². The molecule has 0 spiro atoms. The fourth-order valence-electron chi connectivity index (χ4n) is 2.81. The van der Waals surface area contributed by atoms with E-state index in [1.165, 1.54) is 12.1 Å². The van der Waals surface area contributed by atoms with Gasteiger partial charge in [0.25, 0.3) is 0 Å². The SMILES string of the molecule is CCC1CNCCC1c1c(Cl)cnn1CCOC. The minimum absolute atomic E-state index is 0.517. The normalized spacial score (nSPS) is 24.4. The fraction of sp³-hybridized carbons (Fsp3) is 0.769. The van der Waals surface area contributed by atoms with Crippen molar-refractivity contribution in [3.63, 3.8) is 0 Å². The Balaban J connectivity index is 2.21. The predicted octanol–water partition coefficient (Wildman–Crippen LogP) is 2.29. The van der Waals surface area contributed by atoms with Crippen molar-refractivity contribution in [1.29, 1.82) is 0 Å². The third kappa shape index (κ3) is 2.87. The van der Waals surface area contributed by atoms with Crippen molar-refractivity contribution < 1.29 is 4.74 Å². The summed E-state index contributed by atoms with van der Waals surface area (Å²) >= 11 is 6.33. The van der Waals surface area contributed by atoms with Crippen LogP contribution in [0.3, 0.4) is 0 Å². The van der Waals surface area contributed by atoms with Gasteiger partial charge in [0.1, 0.15) is 0 Å². The Labute approximate surface area is 114 Å². The topological polar surface area (TPSA) is 39.1 Å². The summed E-state index contributed by atoms with van der Waals surface area (Å²) in [6.45, 7) is 5.83. The van der Waals surface area contributed by atoms with Crippen molar-refractivity contribution in [2.75, 3.05) is 26.8 Å². The highest BCUT2D eigenvalue weighted by molar-refractivity contribution is 6.31. The van der Waals surface area contributed by atoms with E-state index < -0.39 is 0 Å². The van der Waals surface area contributed by atoms with E-state index >= 15 is 0 Å². The maximum atomic E-state index is 6.33. The van der Waals surface area contributed by atoms with Crippen molar-refractivity contribution in [3.8, 4) is 0 Å². The van der Waals surface area contributed by atoms with Crippen LogP contribution in [0.1, 0.15) is 31.4 Å². The molecular weight excluding hydrogens is 250 g/mol. The Morgan fingerprint density at radius 2 is 2.44 bits per heavy atom. The van der Waals surface area contributed by atoms with Crippen LogP contribution in [0.15, 0.2) is 6.20 Å². The van der Waals surface area contributed by atoms with Crippen molar-refractivity contribution >= 4 is 11.6 Å². The van der Waals surface area contributed by atoms with Crippen LogP contribution in [0.2, 0.25) is 5.02 Å². The van der Waals surface area contributed by atoms with Gasteiger partial charge >= 0.3 is 0 Å². The molecule has 0 saturated carbocycles. The fourth-order valence-corrected chi connectivity index (χ4v) is 3.09. The van der Waals surface area contributed by atoms with Crippen LogP contribution in [0.25, 0.3) is 0 Å². The number of aromatic nitrogens is 2. The molecule has 0 bridgehead atoms. The summed E-state index contributed by atoms with van der Waals surface area (Å²) in [5.41, 5.74) is 1.20. The molecule has 1 N–H and O–H groups in total. The van der Waals surface area contributed by atoms with Gasteiger partial charge in [-0.3, -0.25) is 4.68 Å². The molecule has 2 atom stereocenters. The van der Waals surface area contributed by atoms with Crippen molar-refractivity contribution in [2.24, 2.45) is 5.92 Å². The molecule has 18 heavy (non-hydrogen) atoms. The number of piperidine rings is 1. The van der Waals surface area contributed by atoms with Crippen LogP contribution in [-0.4, -0.2) is 36.6 Å². The predicted molar refractivity (Wildman–Crippen MR) is 73.1 cm³/mol. The first-order valence-electron chi connectivity index (χ1n) is 6.68. The average molecular weight is 272 g/mol. The van der Waals surface area contributed by atoms with Crippen molar-refractivity contribution in [2.45, 2.75) is 32.2 Å². The van der Waals surface area contributed by atoms with Crippen LogP contribution in [0, 0.1) is 5.92 Å². The summed E-state index contributed by atoms with van der Waals surface area (Å²) in [7, 11) is 1.71. The van der Waals surface area contributed by atoms with Gasteiger partial charge in [0.05, 0.1) is 30.1 Å². The molecule has 2 unspecified atom stereocenters. The second kappa shape index (κ2) is 6.55. The third-order valence-corrected chi connectivity index (χ3v) is 4.11. The number of rotatable bonds is 5. The summed E-state index contributed by atoms with van der Waals surface area (Å²) in [5, 5.41) is 8.65. The van der Waals surface area contributed by atoms with E-state index in [0.717, 1.165) is 31.1 Å². The molecule has 1 aromatic heterocycles. The van der Waals surface area contributed by atoms with Gasteiger partial charge in [-0.05, 0) is 25.4 Å². The molecular formula is C13H22ClN3O. The highest BCUT2D eigenvalue weighted by atomic mass is 35.5. The van der Waals surface area contributed by atoms with E-state index in [0.29, 0.717) is 18.4 Å².